The number of benzene rings is 2. The molecule has 0 saturated carbocycles. The van der Waals surface area contributed by atoms with Crippen molar-refractivity contribution in [3.8, 4) is 11.5 Å². The molecule has 9 nitrogen and oxygen atoms in total. The Balaban J connectivity index is 1.57. The van der Waals surface area contributed by atoms with Crippen molar-refractivity contribution in [2.45, 2.75) is 20.5 Å². The molecule has 36 heavy (non-hydrogen) atoms. The molecule has 0 saturated heterocycles. The van der Waals surface area contributed by atoms with Crippen LogP contribution in [0, 0.1) is 17.1 Å². The van der Waals surface area contributed by atoms with E-state index >= 15 is 0 Å². The Bertz CT molecular complexity index is 1430. The van der Waals surface area contributed by atoms with Crippen LogP contribution in [0.25, 0.3) is 6.08 Å². The van der Waals surface area contributed by atoms with E-state index in [-0.39, 0.29) is 45.0 Å². The van der Waals surface area contributed by atoms with Crippen LogP contribution in [0.15, 0.2) is 58.1 Å². The first-order valence-electron chi connectivity index (χ1n) is 10.9. The monoisotopic (exact) mass is 530 g/mol. The molecule has 2 heterocycles. The zero-order valence-corrected chi connectivity index (χ0v) is 21.3. The number of thioether (sulfide) groups is 1. The van der Waals surface area contributed by atoms with E-state index in [1.807, 2.05) is 0 Å². The molecule has 0 spiro atoms. The van der Waals surface area contributed by atoms with Crippen LogP contribution in [-0.2, 0) is 21.2 Å². The van der Waals surface area contributed by atoms with Gasteiger partial charge >= 0.3 is 0 Å². The lowest BCUT2D eigenvalue weighted by Crippen LogP contribution is -2.35. The summed E-state index contributed by atoms with van der Waals surface area (Å²) in [5.74, 6) is -0.848. The molecule has 0 bridgehead atoms. The van der Waals surface area contributed by atoms with E-state index < -0.39 is 15.7 Å². The maximum Gasteiger partial charge on any atom is 0.283 e. The second-order valence-electron chi connectivity index (χ2n) is 8.35. The van der Waals surface area contributed by atoms with Crippen LogP contribution in [0.4, 0.5) is 4.39 Å². The van der Waals surface area contributed by atoms with Gasteiger partial charge in [0.15, 0.2) is 17.3 Å². The maximum absolute atomic E-state index is 13.9. The molecule has 12 heteroatoms. The molecule has 0 radical (unpaired) electrons. The van der Waals surface area contributed by atoms with Gasteiger partial charge in [-0.25, -0.2) is 12.8 Å². The summed E-state index contributed by atoms with van der Waals surface area (Å²) in [6.45, 7) is 3.55. The van der Waals surface area contributed by atoms with Gasteiger partial charge in [-0.15, -0.1) is 5.10 Å². The molecule has 0 aliphatic carbocycles. The molecule has 2 aromatic rings. The largest absolute Gasteiger partial charge is 0.493 e. The summed E-state index contributed by atoms with van der Waals surface area (Å²) in [7, 11) is -2.22. The van der Waals surface area contributed by atoms with Gasteiger partial charge in [0.05, 0.1) is 18.4 Å². The van der Waals surface area contributed by atoms with Gasteiger partial charge < -0.3 is 9.47 Å². The lowest BCUT2D eigenvalue weighted by atomic mass is 10.1. The Hall–Kier alpha value is -3.51. The van der Waals surface area contributed by atoms with Crippen LogP contribution >= 0.6 is 11.8 Å². The van der Waals surface area contributed by atoms with Crippen molar-refractivity contribution >= 4 is 49.0 Å². The third-order valence-corrected chi connectivity index (χ3v) is 8.53. The lowest BCUT2D eigenvalue weighted by molar-refractivity contribution is -0.114. The van der Waals surface area contributed by atoms with Crippen molar-refractivity contribution in [3.63, 3.8) is 0 Å². The van der Waals surface area contributed by atoms with Crippen LogP contribution in [0.1, 0.15) is 25.0 Å². The first-order chi connectivity index (χ1) is 17.1. The summed E-state index contributed by atoms with van der Waals surface area (Å²) in [4.78, 5) is 16.6. The molecule has 4 rings (SSSR count). The van der Waals surface area contributed by atoms with E-state index in [4.69, 9.17) is 14.9 Å². The quantitative estimate of drug-likeness (QED) is 0.536. The van der Waals surface area contributed by atoms with Gasteiger partial charge in [0, 0.05) is 5.56 Å². The number of halogens is 1. The number of carbonyl (C=O) groups excluding carboxylic acids is 1. The number of fused-ring (bicyclic) bond motifs is 1. The Morgan fingerprint density at radius 2 is 1.94 bits per heavy atom. The normalized spacial score (nSPS) is 16.8. The minimum Gasteiger partial charge on any atom is -0.493 e. The molecule has 0 fully saturated rings. The van der Waals surface area contributed by atoms with Gasteiger partial charge in [-0.05, 0) is 47.5 Å². The third kappa shape index (κ3) is 5.34. The number of amides is 1. The average molecular weight is 531 g/mol. The number of hydrogen-bond donors (Lipinski definition) is 1. The second kappa shape index (κ2) is 10.2. The molecule has 1 amide bonds. The first kappa shape index (κ1) is 25.6. The minimum atomic E-state index is -3.67. The van der Waals surface area contributed by atoms with Gasteiger partial charge in [-0.2, -0.15) is 10.0 Å². The van der Waals surface area contributed by atoms with Crippen molar-refractivity contribution in [1.29, 1.82) is 5.41 Å². The number of aliphatic imine (C=N–C) groups is 1. The summed E-state index contributed by atoms with van der Waals surface area (Å²) >= 11 is 0.758. The predicted molar refractivity (Wildman–Crippen MR) is 137 cm³/mol. The van der Waals surface area contributed by atoms with Crippen molar-refractivity contribution in [2.75, 3.05) is 12.9 Å². The Morgan fingerprint density at radius 1 is 1.19 bits per heavy atom. The van der Waals surface area contributed by atoms with E-state index in [1.165, 1.54) is 19.3 Å². The summed E-state index contributed by atoms with van der Waals surface area (Å²) in [6.07, 6.45) is 1.44. The fourth-order valence-corrected chi connectivity index (χ4v) is 6.23. The smallest absolute Gasteiger partial charge is 0.283 e. The van der Waals surface area contributed by atoms with Crippen LogP contribution in [0.3, 0.4) is 0 Å². The number of amidine groups is 2. The number of hydrazone groups is 1. The Morgan fingerprint density at radius 3 is 2.64 bits per heavy atom. The highest BCUT2D eigenvalue weighted by Gasteiger charge is 2.39. The molecule has 2 aliphatic rings. The molecule has 0 aromatic heterocycles. The van der Waals surface area contributed by atoms with E-state index in [9.17, 15) is 17.6 Å². The summed E-state index contributed by atoms with van der Waals surface area (Å²) in [5, 5.41) is 13.6. The molecular weight excluding hydrogens is 507 g/mol. The van der Waals surface area contributed by atoms with Crippen molar-refractivity contribution in [1.82, 2.24) is 5.01 Å². The Kier molecular flexibility index (Phi) is 7.27. The van der Waals surface area contributed by atoms with Gasteiger partial charge in [-0.1, -0.05) is 38.1 Å². The SMILES string of the molecule is COc1cc(/C=C2/C(=N)N3N=C(S(=O)(=O)CC(C)C)SC3=NC2=O)ccc1OCc1ccccc1F. The first-order valence-corrected chi connectivity index (χ1v) is 13.3. The number of methoxy groups -OCH3 is 1. The highest BCUT2D eigenvalue weighted by atomic mass is 32.3. The maximum atomic E-state index is 13.9. The zero-order valence-electron chi connectivity index (χ0n) is 19.7. The van der Waals surface area contributed by atoms with E-state index in [0.29, 0.717) is 22.6 Å². The zero-order chi connectivity index (χ0) is 26.0. The number of sulfone groups is 1. The minimum absolute atomic E-state index is 0.00320. The van der Waals surface area contributed by atoms with Crippen LogP contribution < -0.4 is 9.47 Å². The number of nitrogens with zero attached hydrogens (tertiary/aromatic N) is 3. The van der Waals surface area contributed by atoms with Gasteiger partial charge in [0.1, 0.15) is 12.4 Å². The molecule has 2 aromatic carbocycles. The van der Waals surface area contributed by atoms with Gasteiger partial charge in [-0.3, -0.25) is 10.2 Å². The van der Waals surface area contributed by atoms with Crippen LogP contribution in [0.5, 0.6) is 11.5 Å². The standard InChI is InChI=1S/C24H23FN4O5S2/c1-14(2)13-36(31,32)24-28-29-21(26)17(22(30)27-23(29)35-24)10-15-8-9-19(20(11-15)33-3)34-12-16-6-4-5-7-18(16)25/h4-11,14,26H,12-13H2,1-3H3/b17-10-,26-21?. The van der Waals surface area contributed by atoms with E-state index in [2.05, 4.69) is 10.1 Å². The highest BCUT2D eigenvalue weighted by Crippen LogP contribution is 2.33. The van der Waals surface area contributed by atoms with E-state index in [1.54, 1.807) is 50.2 Å². The molecule has 1 N–H and O–H groups in total. The molecule has 2 aliphatic heterocycles. The van der Waals surface area contributed by atoms with Gasteiger partial charge in [0.2, 0.25) is 19.4 Å². The van der Waals surface area contributed by atoms with Crippen molar-refractivity contribution < 1.29 is 27.1 Å². The topological polar surface area (TPSA) is 121 Å². The molecule has 0 unspecified atom stereocenters. The molecule has 0 atom stereocenters. The highest BCUT2D eigenvalue weighted by molar-refractivity contribution is 8.42. The van der Waals surface area contributed by atoms with Crippen LogP contribution in [-0.4, -0.2) is 47.6 Å². The predicted octanol–water partition coefficient (Wildman–Crippen LogP) is 4.06. The lowest BCUT2D eigenvalue weighted by Gasteiger charge is -2.20. The number of nitrogens with one attached hydrogen (secondary N) is 1. The average Bonchev–Trinajstić information content (AvgIpc) is 3.26. The van der Waals surface area contributed by atoms with Crippen molar-refractivity contribution in [3.05, 3.63) is 65.0 Å². The number of hydrogen-bond acceptors (Lipinski definition) is 8. The number of rotatable bonds is 7. The van der Waals surface area contributed by atoms with Crippen LogP contribution in [0.2, 0.25) is 0 Å². The molecular formula is C24H23FN4O5S2. The third-order valence-electron chi connectivity index (χ3n) is 5.09. The summed E-state index contributed by atoms with van der Waals surface area (Å²) < 4.78 is 49.9. The number of carbonyl (C=O) groups is 1. The van der Waals surface area contributed by atoms with Crippen molar-refractivity contribution in [2.24, 2.45) is 16.0 Å². The summed E-state index contributed by atoms with van der Waals surface area (Å²) in [5.41, 5.74) is 0.840. The molecule has 188 valence electrons. The fourth-order valence-electron chi connectivity index (χ4n) is 3.44. The number of ether oxygens (including phenoxy) is 2. The summed E-state index contributed by atoms with van der Waals surface area (Å²) in [6, 6.07) is 11.1. The second-order valence-corrected chi connectivity index (χ2v) is 11.5. The Labute approximate surface area is 212 Å². The van der Waals surface area contributed by atoms with E-state index in [0.717, 1.165) is 16.8 Å². The fraction of sp³-hybridized carbons (Fsp3) is 0.250. The van der Waals surface area contributed by atoms with Gasteiger partial charge in [0.25, 0.3) is 5.91 Å².